The van der Waals surface area contributed by atoms with Crippen molar-refractivity contribution < 1.29 is 0 Å². The van der Waals surface area contributed by atoms with E-state index in [0.29, 0.717) is 4.88 Å². The van der Waals surface area contributed by atoms with E-state index in [-0.39, 0.29) is 0 Å². The normalized spacial score (nSPS) is 13.6. The van der Waals surface area contributed by atoms with E-state index in [1.807, 2.05) is 6.07 Å². The van der Waals surface area contributed by atoms with Crippen molar-refractivity contribution in [3.05, 3.63) is 40.2 Å². The Labute approximate surface area is 97.6 Å². The van der Waals surface area contributed by atoms with Crippen LogP contribution in [0.25, 0.3) is 0 Å². The number of rotatable bonds is 1. The highest BCUT2D eigenvalue weighted by Gasteiger charge is 2.23. The van der Waals surface area contributed by atoms with Gasteiger partial charge >= 0.3 is 0 Å². The summed E-state index contributed by atoms with van der Waals surface area (Å²) in [5.74, 6) is 0.803. The summed E-state index contributed by atoms with van der Waals surface area (Å²) in [6.07, 6.45) is 1.03. The van der Waals surface area contributed by atoms with Gasteiger partial charge in [0.15, 0.2) is 5.82 Å². The number of benzene rings is 1. The molecule has 0 fully saturated rings. The Hall–Kier alpha value is -1.86. The van der Waals surface area contributed by atoms with Crippen molar-refractivity contribution in [1.29, 1.82) is 5.26 Å². The van der Waals surface area contributed by atoms with Gasteiger partial charge in [-0.05, 0) is 18.1 Å². The zero-order valence-corrected chi connectivity index (χ0v) is 9.37. The first-order chi connectivity index (χ1) is 7.90. The molecule has 0 amide bonds. The lowest BCUT2D eigenvalue weighted by Gasteiger charge is -2.16. The van der Waals surface area contributed by atoms with Crippen LogP contribution in [0.15, 0.2) is 29.8 Å². The average molecular weight is 227 g/mol. The predicted octanol–water partition coefficient (Wildman–Crippen LogP) is 2.71. The van der Waals surface area contributed by atoms with E-state index < -0.39 is 0 Å². The van der Waals surface area contributed by atoms with Crippen LogP contribution >= 0.6 is 11.3 Å². The Bertz CT molecular complexity index is 568. The molecule has 0 saturated carbocycles. The minimum absolute atomic E-state index is 0.691. The van der Waals surface area contributed by atoms with E-state index in [4.69, 9.17) is 5.26 Å². The van der Waals surface area contributed by atoms with Gasteiger partial charge in [0.2, 0.25) is 0 Å². The Kier molecular flexibility index (Phi) is 2.12. The number of hydrogen-bond acceptors (Lipinski definition) is 4. The molecule has 3 nitrogen and oxygen atoms in total. The first-order valence-electron chi connectivity index (χ1n) is 5.09. The minimum Gasteiger partial charge on any atom is -0.324 e. The van der Waals surface area contributed by atoms with E-state index in [1.54, 1.807) is 5.51 Å². The summed E-state index contributed by atoms with van der Waals surface area (Å²) in [5, 5.41) is 9.01. The van der Waals surface area contributed by atoms with Crippen molar-refractivity contribution in [2.75, 3.05) is 11.4 Å². The third-order valence-electron chi connectivity index (χ3n) is 2.79. The van der Waals surface area contributed by atoms with Gasteiger partial charge in [0.25, 0.3) is 0 Å². The van der Waals surface area contributed by atoms with Gasteiger partial charge in [-0.25, -0.2) is 4.98 Å². The monoisotopic (exact) mass is 227 g/mol. The van der Waals surface area contributed by atoms with Crippen molar-refractivity contribution >= 4 is 22.8 Å². The van der Waals surface area contributed by atoms with Gasteiger partial charge in [-0.3, -0.25) is 0 Å². The number of aromatic nitrogens is 1. The van der Waals surface area contributed by atoms with Gasteiger partial charge in [-0.1, -0.05) is 18.2 Å². The molecule has 0 atom stereocenters. The van der Waals surface area contributed by atoms with Crippen LogP contribution in [-0.4, -0.2) is 11.5 Å². The quantitative estimate of drug-likeness (QED) is 0.752. The molecule has 78 valence electrons. The lowest BCUT2D eigenvalue weighted by molar-refractivity contribution is 0.979. The van der Waals surface area contributed by atoms with Gasteiger partial charge in [0.05, 0.1) is 5.51 Å². The molecule has 1 aromatic carbocycles. The lowest BCUT2D eigenvalue weighted by Crippen LogP contribution is -2.14. The summed E-state index contributed by atoms with van der Waals surface area (Å²) in [6.45, 7) is 0.914. The number of nitrogens with zero attached hydrogens (tertiary/aromatic N) is 3. The van der Waals surface area contributed by atoms with E-state index >= 15 is 0 Å². The van der Waals surface area contributed by atoms with E-state index in [9.17, 15) is 0 Å². The molecule has 16 heavy (non-hydrogen) atoms. The number of hydrogen-bond donors (Lipinski definition) is 0. The van der Waals surface area contributed by atoms with E-state index in [0.717, 1.165) is 18.8 Å². The zero-order chi connectivity index (χ0) is 11.0. The zero-order valence-electron chi connectivity index (χ0n) is 8.55. The number of fused-ring (bicyclic) bond motifs is 1. The topological polar surface area (TPSA) is 39.9 Å². The van der Waals surface area contributed by atoms with Crippen LogP contribution in [-0.2, 0) is 6.42 Å². The summed E-state index contributed by atoms with van der Waals surface area (Å²) >= 11 is 1.40. The predicted molar refractivity (Wildman–Crippen MR) is 64.0 cm³/mol. The highest BCUT2D eigenvalue weighted by molar-refractivity contribution is 7.10. The molecule has 0 unspecified atom stereocenters. The highest BCUT2D eigenvalue weighted by atomic mass is 32.1. The first kappa shape index (κ1) is 9.37. The second-order valence-electron chi connectivity index (χ2n) is 3.65. The average Bonchev–Trinajstić information content (AvgIpc) is 2.94. The second kappa shape index (κ2) is 3.62. The Morgan fingerprint density at radius 2 is 2.25 bits per heavy atom. The molecule has 0 aliphatic carbocycles. The van der Waals surface area contributed by atoms with Crippen molar-refractivity contribution in [1.82, 2.24) is 4.98 Å². The van der Waals surface area contributed by atoms with Crippen molar-refractivity contribution in [3.63, 3.8) is 0 Å². The van der Waals surface area contributed by atoms with E-state index in [1.165, 1.54) is 22.6 Å². The summed E-state index contributed by atoms with van der Waals surface area (Å²) in [6, 6.07) is 10.5. The Balaban J connectivity index is 2.09. The Morgan fingerprint density at radius 1 is 1.38 bits per heavy atom. The van der Waals surface area contributed by atoms with Gasteiger partial charge < -0.3 is 4.90 Å². The van der Waals surface area contributed by atoms with Crippen LogP contribution in [0.1, 0.15) is 10.4 Å². The van der Waals surface area contributed by atoms with Crippen LogP contribution in [0, 0.1) is 11.3 Å². The molecule has 0 spiro atoms. The van der Waals surface area contributed by atoms with Crippen molar-refractivity contribution in [2.45, 2.75) is 6.42 Å². The fourth-order valence-corrected chi connectivity index (χ4v) is 2.65. The number of anilines is 2. The molecule has 2 aromatic rings. The molecule has 1 aliphatic heterocycles. The van der Waals surface area contributed by atoms with Crippen LogP contribution in [0.4, 0.5) is 11.5 Å². The maximum absolute atomic E-state index is 9.01. The van der Waals surface area contributed by atoms with Crippen LogP contribution < -0.4 is 4.90 Å². The van der Waals surface area contributed by atoms with E-state index in [2.05, 4.69) is 34.2 Å². The second-order valence-corrected chi connectivity index (χ2v) is 4.50. The summed E-state index contributed by atoms with van der Waals surface area (Å²) in [7, 11) is 0. The molecule has 1 aliphatic rings. The molecule has 2 heterocycles. The number of nitriles is 1. The number of thiazole rings is 1. The number of para-hydroxylation sites is 1. The molecule has 3 rings (SSSR count). The fraction of sp³-hybridized carbons (Fsp3) is 0.167. The molecule has 1 aromatic heterocycles. The standard InChI is InChI=1S/C12H9N3S/c13-7-11-12(14-8-16-11)15-6-5-9-3-1-2-4-10(9)15/h1-4,8H,5-6H2. The molecular weight excluding hydrogens is 218 g/mol. The van der Waals surface area contributed by atoms with Crippen molar-refractivity contribution in [3.8, 4) is 6.07 Å². The first-order valence-corrected chi connectivity index (χ1v) is 5.97. The van der Waals surface area contributed by atoms with Gasteiger partial charge in [0, 0.05) is 12.2 Å². The third-order valence-corrected chi connectivity index (χ3v) is 3.51. The van der Waals surface area contributed by atoms with Crippen LogP contribution in [0.2, 0.25) is 0 Å². The largest absolute Gasteiger partial charge is 0.324 e. The highest BCUT2D eigenvalue weighted by Crippen LogP contribution is 2.35. The smallest absolute Gasteiger partial charge is 0.162 e. The Morgan fingerprint density at radius 3 is 3.12 bits per heavy atom. The minimum atomic E-state index is 0.691. The summed E-state index contributed by atoms with van der Waals surface area (Å²) in [4.78, 5) is 7.11. The third kappa shape index (κ3) is 1.29. The van der Waals surface area contributed by atoms with Gasteiger partial charge in [0.1, 0.15) is 10.9 Å². The fourth-order valence-electron chi connectivity index (χ4n) is 2.07. The maximum Gasteiger partial charge on any atom is 0.162 e. The molecule has 4 heteroatoms. The molecule has 0 saturated heterocycles. The maximum atomic E-state index is 9.01. The molecule has 0 bridgehead atoms. The summed E-state index contributed by atoms with van der Waals surface area (Å²) in [5.41, 5.74) is 4.25. The molecular formula is C12H9N3S. The van der Waals surface area contributed by atoms with Gasteiger partial charge in [-0.2, -0.15) is 5.26 Å². The summed E-state index contributed by atoms with van der Waals surface area (Å²) < 4.78 is 0. The lowest BCUT2D eigenvalue weighted by atomic mass is 10.2. The molecule has 0 radical (unpaired) electrons. The molecule has 0 N–H and O–H groups in total. The van der Waals surface area contributed by atoms with Crippen LogP contribution in [0.3, 0.4) is 0 Å². The van der Waals surface area contributed by atoms with Crippen LogP contribution in [0.5, 0.6) is 0 Å². The SMILES string of the molecule is N#Cc1scnc1N1CCc2ccccc21. The van der Waals surface area contributed by atoms with Crippen molar-refractivity contribution in [2.24, 2.45) is 0 Å². The van der Waals surface area contributed by atoms with Gasteiger partial charge in [-0.15, -0.1) is 11.3 Å².